The molecule has 1 heterocycles. The zero-order chi connectivity index (χ0) is 21.8. The number of rotatable bonds is 3. The van der Waals surface area contributed by atoms with Crippen LogP contribution in [0.15, 0.2) is 69.3 Å². The van der Waals surface area contributed by atoms with E-state index in [2.05, 4.69) is 5.10 Å². The Kier molecular flexibility index (Phi) is 4.56. The van der Waals surface area contributed by atoms with Gasteiger partial charge in [-0.05, 0) is 86.0 Å². The van der Waals surface area contributed by atoms with Crippen LogP contribution in [0.5, 0.6) is 0 Å². The van der Waals surface area contributed by atoms with Gasteiger partial charge in [0.2, 0.25) is 5.36 Å². The fourth-order valence-corrected chi connectivity index (χ4v) is 7.10. The Balaban J connectivity index is 1.60. The minimum atomic E-state index is -0.483. The standard InChI is InChI=1S/C26H28N4O2/c27-28-24-25(31)29(15-21-18-11-16-10-17(13-18)14-19(21)12-16)22-8-4-5-9-23(22)30(26(24)32)20-6-2-1-3-7-20/h1-9,16-19,21H,10-15,27H2. The summed E-state index contributed by atoms with van der Waals surface area (Å²) in [6.07, 6.45) is 6.54. The van der Waals surface area contributed by atoms with E-state index in [0.717, 1.165) is 17.4 Å². The molecule has 0 atom stereocenters. The first kappa shape index (κ1) is 19.5. The van der Waals surface area contributed by atoms with Gasteiger partial charge in [0.05, 0.1) is 11.0 Å². The molecular formula is C26H28N4O2. The van der Waals surface area contributed by atoms with Crippen LogP contribution in [-0.2, 0) is 6.54 Å². The van der Waals surface area contributed by atoms with Gasteiger partial charge in [-0.1, -0.05) is 30.3 Å². The van der Waals surface area contributed by atoms with Crippen molar-refractivity contribution in [1.82, 2.24) is 9.13 Å². The number of benzene rings is 2. The smallest absolute Gasteiger partial charge is 0.289 e. The number of aromatic nitrogens is 2. The Hall–Kier alpha value is -3.15. The molecule has 1 aromatic heterocycles. The lowest BCUT2D eigenvalue weighted by atomic mass is 9.52. The Morgan fingerprint density at radius 3 is 2.00 bits per heavy atom. The summed E-state index contributed by atoms with van der Waals surface area (Å²) in [6, 6.07) is 17.0. The van der Waals surface area contributed by atoms with Gasteiger partial charge in [-0.3, -0.25) is 14.2 Å². The first-order valence-corrected chi connectivity index (χ1v) is 11.7. The van der Waals surface area contributed by atoms with Gasteiger partial charge < -0.3 is 10.4 Å². The Morgan fingerprint density at radius 2 is 1.38 bits per heavy atom. The van der Waals surface area contributed by atoms with Crippen LogP contribution in [0.25, 0.3) is 16.7 Å². The topological polar surface area (TPSA) is 82.4 Å². The highest BCUT2D eigenvalue weighted by Gasteiger charge is 2.48. The van der Waals surface area contributed by atoms with Crippen molar-refractivity contribution in [2.75, 3.05) is 0 Å². The Bertz CT molecular complexity index is 1340. The molecule has 0 saturated heterocycles. The van der Waals surface area contributed by atoms with E-state index in [1.54, 1.807) is 9.13 Å². The zero-order valence-corrected chi connectivity index (χ0v) is 18.1. The molecule has 0 aliphatic heterocycles. The third-order valence-corrected chi connectivity index (χ3v) is 8.23. The van der Waals surface area contributed by atoms with Gasteiger partial charge in [-0.2, -0.15) is 5.10 Å². The maximum atomic E-state index is 13.7. The third-order valence-electron chi connectivity index (χ3n) is 8.23. The highest BCUT2D eigenvalue weighted by molar-refractivity contribution is 5.76. The molecule has 2 N–H and O–H groups in total. The molecule has 164 valence electrons. The number of nitrogens with two attached hydrogens (primary N) is 1. The van der Waals surface area contributed by atoms with E-state index < -0.39 is 11.1 Å². The van der Waals surface area contributed by atoms with Crippen molar-refractivity contribution in [1.29, 1.82) is 0 Å². The molecule has 0 spiro atoms. The summed E-state index contributed by atoms with van der Waals surface area (Å²) in [7, 11) is 0. The predicted octanol–water partition coefficient (Wildman–Crippen LogP) is 3.00. The maximum Gasteiger partial charge on any atom is 0.289 e. The molecule has 4 aliphatic rings. The van der Waals surface area contributed by atoms with Crippen LogP contribution in [0.1, 0.15) is 32.1 Å². The first-order chi connectivity index (χ1) is 15.6. The molecule has 4 fully saturated rings. The number of nitrogens with zero attached hydrogens (tertiary/aromatic N) is 3. The van der Waals surface area contributed by atoms with E-state index in [1.807, 2.05) is 54.6 Å². The molecule has 0 amide bonds. The summed E-state index contributed by atoms with van der Waals surface area (Å²) >= 11 is 0. The number of hydrogen-bond donors (Lipinski definition) is 1. The monoisotopic (exact) mass is 428 g/mol. The van der Waals surface area contributed by atoms with Crippen LogP contribution >= 0.6 is 0 Å². The van der Waals surface area contributed by atoms with Crippen LogP contribution in [-0.4, -0.2) is 9.13 Å². The summed E-state index contributed by atoms with van der Waals surface area (Å²) in [4.78, 5) is 27.2. The molecule has 7 rings (SSSR count). The van der Waals surface area contributed by atoms with Gasteiger partial charge in [-0.15, -0.1) is 0 Å². The molecule has 3 aromatic rings. The van der Waals surface area contributed by atoms with Crippen LogP contribution in [0.4, 0.5) is 0 Å². The van der Waals surface area contributed by atoms with Gasteiger partial charge in [-0.25, -0.2) is 0 Å². The molecule has 4 aliphatic carbocycles. The van der Waals surface area contributed by atoms with Crippen LogP contribution in [0.3, 0.4) is 0 Å². The highest BCUT2D eigenvalue weighted by atomic mass is 16.1. The number of para-hydroxylation sites is 3. The van der Waals surface area contributed by atoms with Crippen LogP contribution in [0, 0.1) is 29.6 Å². The average molecular weight is 429 g/mol. The van der Waals surface area contributed by atoms with Crippen molar-refractivity contribution in [3.63, 3.8) is 0 Å². The molecule has 4 bridgehead atoms. The van der Waals surface area contributed by atoms with Gasteiger partial charge >= 0.3 is 0 Å². The Morgan fingerprint density at radius 1 is 0.781 bits per heavy atom. The second-order valence-corrected chi connectivity index (χ2v) is 9.95. The van der Waals surface area contributed by atoms with Crippen molar-refractivity contribution in [2.24, 2.45) is 40.5 Å². The summed E-state index contributed by atoms with van der Waals surface area (Å²) in [5.41, 5.74) is 1.26. The quantitative estimate of drug-likeness (QED) is 0.514. The molecule has 2 aromatic carbocycles. The van der Waals surface area contributed by atoms with Crippen LogP contribution in [0.2, 0.25) is 0 Å². The van der Waals surface area contributed by atoms with E-state index >= 15 is 0 Å². The summed E-state index contributed by atoms with van der Waals surface area (Å²) in [6.45, 7) is 0.625. The second kappa shape index (κ2) is 7.47. The van der Waals surface area contributed by atoms with Gasteiger partial charge in [0.15, 0.2) is 0 Å². The largest absolute Gasteiger partial charge is 0.322 e. The minimum Gasteiger partial charge on any atom is -0.322 e. The van der Waals surface area contributed by atoms with Gasteiger partial charge in [0.1, 0.15) is 0 Å². The third kappa shape index (κ3) is 2.96. The molecule has 6 nitrogen and oxygen atoms in total. The van der Waals surface area contributed by atoms with Crippen molar-refractivity contribution in [3.8, 4) is 5.69 Å². The summed E-state index contributed by atoms with van der Waals surface area (Å²) in [5.74, 6) is 9.20. The highest BCUT2D eigenvalue weighted by Crippen LogP contribution is 2.56. The second-order valence-electron chi connectivity index (χ2n) is 9.95. The minimum absolute atomic E-state index is 0.214. The molecule has 32 heavy (non-hydrogen) atoms. The average Bonchev–Trinajstić information content (AvgIpc) is 2.88. The maximum absolute atomic E-state index is 13.7. The van der Waals surface area contributed by atoms with E-state index in [0.29, 0.717) is 35.5 Å². The van der Waals surface area contributed by atoms with Crippen molar-refractivity contribution >= 4 is 11.0 Å². The molecule has 6 heteroatoms. The van der Waals surface area contributed by atoms with Crippen molar-refractivity contribution in [3.05, 3.63) is 80.7 Å². The fourth-order valence-electron chi connectivity index (χ4n) is 7.10. The SMILES string of the molecule is NN=c1c(=O)n(CC2C3CC4CC(C3)CC2C4)c2ccccc2n(-c2ccccc2)c1=O. The summed E-state index contributed by atoms with van der Waals surface area (Å²) < 4.78 is 3.35. The lowest BCUT2D eigenvalue weighted by molar-refractivity contribution is -0.0429. The molecule has 4 saturated carbocycles. The van der Waals surface area contributed by atoms with Gasteiger partial charge in [0.25, 0.3) is 11.1 Å². The Labute approximate surface area is 186 Å². The van der Waals surface area contributed by atoms with Crippen molar-refractivity contribution in [2.45, 2.75) is 38.6 Å². The normalized spacial score (nSPS) is 29.0. The lowest BCUT2D eigenvalue weighted by Gasteiger charge is -2.54. The number of hydrogen-bond acceptors (Lipinski definition) is 4. The van der Waals surface area contributed by atoms with Crippen LogP contribution < -0.4 is 22.3 Å². The van der Waals surface area contributed by atoms with Gasteiger partial charge in [0, 0.05) is 12.2 Å². The fraction of sp³-hybridized carbons (Fsp3) is 0.423. The zero-order valence-electron chi connectivity index (χ0n) is 18.1. The van der Waals surface area contributed by atoms with E-state index in [9.17, 15) is 9.59 Å². The van der Waals surface area contributed by atoms with E-state index in [-0.39, 0.29) is 5.36 Å². The molecule has 0 radical (unpaired) electrons. The lowest BCUT2D eigenvalue weighted by Crippen LogP contribution is -2.49. The first-order valence-electron chi connectivity index (χ1n) is 11.7. The number of fused-ring (bicyclic) bond motifs is 1. The van der Waals surface area contributed by atoms with E-state index in [4.69, 9.17) is 5.84 Å². The summed E-state index contributed by atoms with van der Waals surface area (Å²) in [5, 5.41) is 3.48. The van der Waals surface area contributed by atoms with E-state index in [1.165, 1.54) is 32.1 Å². The predicted molar refractivity (Wildman–Crippen MR) is 124 cm³/mol. The van der Waals surface area contributed by atoms with Crippen molar-refractivity contribution < 1.29 is 0 Å². The molecular weight excluding hydrogens is 400 g/mol. The molecule has 0 unspecified atom stereocenters.